The van der Waals surface area contributed by atoms with E-state index in [4.69, 9.17) is 23.5 Å². The second-order valence-electron chi connectivity index (χ2n) is 11.3. The van der Waals surface area contributed by atoms with Gasteiger partial charge < -0.3 is 34.1 Å². The van der Waals surface area contributed by atoms with Gasteiger partial charge in [-0.1, -0.05) is 25.1 Å². The monoisotopic (exact) mass is 593 g/mol. The van der Waals surface area contributed by atoms with Gasteiger partial charge in [-0.15, -0.1) is 0 Å². The zero-order chi connectivity index (χ0) is 30.3. The van der Waals surface area contributed by atoms with Crippen LogP contribution in [0, 0.1) is 5.92 Å². The summed E-state index contributed by atoms with van der Waals surface area (Å²) < 4.78 is 28.8. The lowest BCUT2D eigenvalue weighted by Gasteiger charge is -2.22. The van der Waals surface area contributed by atoms with E-state index >= 15 is 0 Å². The first-order valence-electron chi connectivity index (χ1n) is 14.5. The Morgan fingerprint density at radius 2 is 1.86 bits per heavy atom. The summed E-state index contributed by atoms with van der Waals surface area (Å²) in [5.41, 5.74) is 1.75. The Morgan fingerprint density at radius 1 is 1.02 bits per heavy atom. The molecule has 0 spiro atoms. The van der Waals surface area contributed by atoms with E-state index in [1.165, 1.54) is 0 Å². The molecule has 5 aliphatic heterocycles. The van der Waals surface area contributed by atoms with Crippen LogP contribution in [0.4, 0.5) is 0 Å². The molecule has 0 radical (unpaired) electrons. The number of likely N-dealkylation sites (tertiary alicyclic amines) is 1. The van der Waals surface area contributed by atoms with Crippen LogP contribution in [0.15, 0.2) is 40.9 Å². The number of ether oxygens (including phenoxy) is 4. The highest BCUT2D eigenvalue weighted by molar-refractivity contribution is 5.78. The van der Waals surface area contributed by atoms with E-state index in [0.717, 1.165) is 11.1 Å². The summed E-state index contributed by atoms with van der Waals surface area (Å²) in [7, 11) is 3.12. The first-order chi connectivity index (χ1) is 20.8. The number of benzene rings is 2. The van der Waals surface area contributed by atoms with Crippen LogP contribution in [0.1, 0.15) is 43.1 Å². The van der Waals surface area contributed by atoms with Gasteiger partial charge in [0, 0.05) is 44.1 Å². The van der Waals surface area contributed by atoms with Crippen molar-refractivity contribution in [1.82, 2.24) is 25.7 Å². The van der Waals surface area contributed by atoms with Crippen molar-refractivity contribution in [2.75, 3.05) is 33.9 Å². The van der Waals surface area contributed by atoms with Gasteiger partial charge in [0.2, 0.25) is 11.8 Å². The SMILES string of the molecule is COc1cc2ccc1CNC(=O)CCc1ccc(c(OC)c1)OCC(=O)N[C@@H]1CN(Cc3noc(CC(C)C)n3)C[C@H]1O2. The van der Waals surface area contributed by atoms with Gasteiger partial charge >= 0.3 is 0 Å². The minimum absolute atomic E-state index is 0.0837. The third-order valence-corrected chi connectivity index (χ3v) is 7.40. The van der Waals surface area contributed by atoms with Crippen LogP contribution in [0.3, 0.4) is 0 Å². The topological polar surface area (TPSA) is 137 Å². The van der Waals surface area contributed by atoms with Gasteiger partial charge in [0.15, 0.2) is 23.9 Å². The Morgan fingerprint density at radius 3 is 2.65 bits per heavy atom. The van der Waals surface area contributed by atoms with Gasteiger partial charge in [-0.3, -0.25) is 14.5 Å². The summed E-state index contributed by atoms with van der Waals surface area (Å²) in [5.74, 6) is 3.37. The maximum atomic E-state index is 13.1. The third-order valence-electron chi connectivity index (χ3n) is 7.40. The van der Waals surface area contributed by atoms with Crippen LogP contribution in [0.2, 0.25) is 0 Å². The number of carbonyl (C=O) groups is 2. The average molecular weight is 594 g/mol. The van der Waals surface area contributed by atoms with Crippen molar-refractivity contribution in [2.24, 2.45) is 5.92 Å². The van der Waals surface area contributed by atoms with E-state index in [9.17, 15) is 9.59 Å². The van der Waals surface area contributed by atoms with Gasteiger partial charge in [-0.05, 0) is 42.2 Å². The Balaban J connectivity index is 1.37. The summed E-state index contributed by atoms with van der Waals surface area (Å²) in [6.45, 7) is 5.81. The summed E-state index contributed by atoms with van der Waals surface area (Å²) >= 11 is 0. The van der Waals surface area contributed by atoms with E-state index in [0.29, 0.717) is 86.1 Å². The molecule has 12 nitrogen and oxygen atoms in total. The molecule has 43 heavy (non-hydrogen) atoms. The molecule has 2 amide bonds. The van der Waals surface area contributed by atoms with Crippen molar-refractivity contribution in [3.05, 3.63) is 59.2 Å². The Kier molecular flexibility index (Phi) is 9.65. The van der Waals surface area contributed by atoms with E-state index in [-0.39, 0.29) is 30.6 Å². The highest BCUT2D eigenvalue weighted by Crippen LogP contribution is 2.30. The van der Waals surface area contributed by atoms with Crippen LogP contribution < -0.4 is 29.6 Å². The number of aromatic nitrogens is 2. The predicted molar refractivity (Wildman–Crippen MR) is 156 cm³/mol. The maximum absolute atomic E-state index is 13.1. The number of nitrogens with zero attached hydrogens (tertiary/aromatic N) is 3. The molecule has 1 saturated heterocycles. The molecule has 8 rings (SSSR count). The van der Waals surface area contributed by atoms with Crippen molar-refractivity contribution in [3.8, 4) is 23.0 Å². The van der Waals surface area contributed by atoms with E-state index in [2.05, 4.69) is 39.5 Å². The zero-order valence-electron chi connectivity index (χ0n) is 25.1. The fourth-order valence-corrected chi connectivity index (χ4v) is 5.26. The molecular weight excluding hydrogens is 554 g/mol. The molecule has 5 aliphatic rings. The second-order valence-corrected chi connectivity index (χ2v) is 11.3. The van der Waals surface area contributed by atoms with Crippen LogP contribution in [-0.2, 0) is 35.5 Å². The van der Waals surface area contributed by atoms with Crippen molar-refractivity contribution in [2.45, 2.75) is 58.3 Å². The highest BCUT2D eigenvalue weighted by Gasteiger charge is 2.36. The zero-order valence-corrected chi connectivity index (χ0v) is 25.1. The molecule has 2 N–H and O–H groups in total. The first kappa shape index (κ1) is 30.1. The van der Waals surface area contributed by atoms with Gasteiger partial charge in [0.25, 0.3) is 5.91 Å². The molecule has 3 aromatic rings. The molecular formula is C31H39N5O7. The minimum Gasteiger partial charge on any atom is -0.496 e. The van der Waals surface area contributed by atoms with Gasteiger partial charge in [-0.25, -0.2) is 0 Å². The summed E-state index contributed by atoms with van der Waals surface area (Å²) in [4.78, 5) is 32.3. The summed E-state index contributed by atoms with van der Waals surface area (Å²) in [5, 5.41) is 10.2. The van der Waals surface area contributed by atoms with Crippen molar-refractivity contribution < 1.29 is 33.1 Å². The fraction of sp³-hybridized carbons (Fsp3) is 0.484. The lowest BCUT2D eigenvalue weighted by atomic mass is 10.1. The van der Waals surface area contributed by atoms with E-state index in [1.807, 2.05) is 24.3 Å². The predicted octanol–water partition coefficient (Wildman–Crippen LogP) is 2.67. The lowest BCUT2D eigenvalue weighted by molar-refractivity contribution is -0.124. The number of hydrogen-bond acceptors (Lipinski definition) is 10. The number of carbonyl (C=O) groups excluding carboxylic acids is 2. The molecule has 6 heterocycles. The number of aryl methyl sites for hydroxylation is 1. The summed E-state index contributed by atoms with van der Waals surface area (Å²) in [6, 6.07) is 10.6. The maximum Gasteiger partial charge on any atom is 0.258 e. The second kappa shape index (κ2) is 13.8. The molecule has 1 fully saturated rings. The van der Waals surface area contributed by atoms with E-state index in [1.54, 1.807) is 26.4 Å². The Labute approximate surface area is 251 Å². The number of hydrogen-bond donors (Lipinski definition) is 2. The van der Waals surface area contributed by atoms with Crippen LogP contribution in [0.25, 0.3) is 0 Å². The third kappa shape index (κ3) is 7.95. The quantitative estimate of drug-likeness (QED) is 0.439. The van der Waals surface area contributed by atoms with Crippen molar-refractivity contribution >= 4 is 11.8 Å². The minimum atomic E-state index is -0.374. The summed E-state index contributed by atoms with van der Waals surface area (Å²) in [6.07, 6.45) is 1.17. The fourth-order valence-electron chi connectivity index (χ4n) is 5.26. The Hall–Kier alpha value is -4.32. The number of methoxy groups -OCH3 is 2. The molecule has 0 unspecified atom stereocenters. The number of rotatable bonds is 6. The van der Waals surface area contributed by atoms with Crippen LogP contribution in [-0.4, -0.2) is 72.9 Å². The molecule has 0 aliphatic carbocycles. The van der Waals surface area contributed by atoms with Crippen molar-refractivity contribution in [3.63, 3.8) is 0 Å². The number of amides is 2. The van der Waals surface area contributed by atoms with Gasteiger partial charge in [-0.2, -0.15) is 4.98 Å². The highest BCUT2D eigenvalue weighted by atomic mass is 16.5. The molecule has 2 aromatic carbocycles. The largest absolute Gasteiger partial charge is 0.496 e. The van der Waals surface area contributed by atoms with Crippen LogP contribution >= 0.6 is 0 Å². The molecule has 4 bridgehead atoms. The average Bonchev–Trinajstić information content (AvgIpc) is 3.58. The molecule has 0 saturated carbocycles. The molecule has 230 valence electrons. The van der Waals surface area contributed by atoms with Crippen LogP contribution in [0.5, 0.6) is 23.0 Å². The normalized spacial score (nSPS) is 19.7. The van der Waals surface area contributed by atoms with Gasteiger partial charge in [0.05, 0.1) is 26.8 Å². The van der Waals surface area contributed by atoms with E-state index < -0.39 is 0 Å². The van der Waals surface area contributed by atoms with Gasteiger partial charge in [0.1, 0.15) is 17.6 Å². The molecule has 1 aromatic heterocycles. The number of nitrogens with one attached hydrogen (secondary N) is 2. The Bertz CT molecular complexity index is 1430. The lowest BCUT2D eigenvalue weighted by Crippen LogP contribution is -2.46. The molecule has 2 atom stereocenters. The van der Waals surface area contributed by atoms with Crippen molar-refractivity contribution in [1.29, 1.82) is 0 Å². The standard InChI is InChI=1S/C31H39N5O7/c1-19(2)11-31-34-28(35-43-31)17-36-15-23-27(16-36)42-22-8-7-21(25(13-22)39-3)14-32-29(37)10-6-20-5-9-24(26(12-20)40-4)41-18-30(38)33-23/h5,7-9,12-13,19,23,27H,6,10-11,14-18H2,1-4H3,(H,32,37)(H,33,38)/t23-,27-/m1/s1. The molecule has 12 heteroatoms. The smallest absolute Gasteiger partial charge is 0.258 e. The first-order valence-corrected chi connectivity index (χ1v) is 14.5.